The number of hydrogen-bond acceptors (Lipinski definition) is 3. The summed E-state index contributed by atoms with van der Waals surface area (Å²) in [4.78, 5) is 28.6. The van der Waals surface area contributed by atoms with Crippen LogP contribution in [0.1, 0.15) is 49.4 Å². The Morgan fingerprint density at radius 3 is 2.90 bits per heavy atom. The molecular formula is C16H22N2O3. The molecule has 0 aliphatic carbocycles. The second kappa shape index (κ2) is 5.54. The summed E-state index contributed by atoms with van der Waals surface area (Å²) < 4.78 is 5.01. The van der Waals surface area contributed by atoms with Crippen LogP contribution in [0.25, 0.3) is 0 Å². The Morgan fingerprint density at radius 2 is 2.19 bits per heavy atom. The van der Waals surface area contributed by atoms with Gasteiger partial charge in [-0.2, -0.15) is 0 Å². The van der Waals surface area contributed by atoms with Crippen molar-refractivity contribution in [2.75, 3.05) is 19.6 Å². The lowest BCUT2D eigenvalue weighted by Crippen LogP contribution is -2.63. The van der Waals surface area contributed by atoms with E-state index < -0.39 is 0 Å². The van der Waals surface area contributed by atoms with Gasteiger partial charge in [0, 0.05) is 26.1 Å². The summed E-state index contributed by atoms with van der Waals surface area (Å²) in [6.07, 6.45) is 7.55. The molecule has 2 amide bonds. The number of likely N-dealkylation sites (N-methyl/N-ethyl adjacent to an activating group) is 1. The average Bonchev–Trinajstić information content (AvgIpc) is 3.01. The molecule has 2 fully saturated rings. The monoisotopic (exact) mass is 290 g/mol. The normalized spacial score (nSPS) is 26.4. The van der Waals surface area contributed by atoms with Crippen LogP contribution >= 0.6 is 0 Å². The summed E-state index contributed by atoms with van der Waals surface area (Å²) in [5.74, 6) is 0.248. The number of carbonyl (C=O) groups is 2. The van der Waals surface area contributed by atoms with Gasteiger partial charge >= 0.3 is 0 Å². The van der Waals surface area contributed by atoms with Gasteiger partial charge in [0.1, 0.15) is 6.26 Å². The highest BCUT2D eigenvalue weighted by molar-refractivity contribution is 5.94. The zero-order chi connectivity index (χ0) is 14.9. The zero-order valence-electron chi connectivity index (χ0n) is 12.5. The first-order valence-corrected chi connectivity index (χ1v) is 7.78. The number of hydrogen-bond donors (Lipinski definition) is 0. The molecule has 0 aromatic carbocycles. The Morgan fingerprint density at radius 1 is 1.38 bits per heavy atom. The van der Waals surface area contributed by atoms with E-state index >= 15 is 0 Å². The van der Waals surface area contributed by atoms with Crippen LogP contribution in [-0.4, -0.2) is 46.8 Å². The highest BCUT2D eigenvalue weighted by Gasteiger charge is 2.45. The third kappa shape index (κ3) is 2.45. The van der Waals surface area contributed by atoms with Crippen LogP contribution in [0.4, 0.5) is 0 Å². The molecule has 0 N–H and O–H groups in total. The Labute approximate surface area is 124 Å². The van der Waals surface area contributed by atoms with Crippen molar-refractivity contribution in [3.63, 3.8) is 0 Å². The van der Waals surface area contributed by atoms with Gasteiger partial charge in [0.2, 0.25) is 5.91 Å². The van der Waals surface area contributed by atoms with Gasteiger partial charge in [-0.15, -0.1) is 0 Å². The van der Waals surface area contributed by atoms with E-state index in [1.807, 2.05) is 16.7 Å². The number of piperidine rings is 2. The summed E-state index contributed by atoms with van der Waals surface area (Å²) in [5.41, 5.74) is 0.444. The molecule has 3 rings (SSSR count). The minimum absolute atomic E-state index is 0.0110. The van der Waals surface area contributed by atoms with Crippen molar-refractivity contribution < 1.29 is 14.0 Å². The molecule has 114 valence electrons. The molecule has 1 atom stereocenters. The van der Waals surface area contributed by atoms with E-state index in [-0.39, 0.29) is 17.4 Å². The van der Waals surface area contributed by atoms with Crippen molar-refractivity contribution in [1.82, 2.24) is 9.80 Å². The van der Waals surface area contributed by atoms with Gasteiger partial charge in [0.25, 0.3) is 5.91 Å². The third-order valence-corrected chi connectivity index (χ3v) is 4.83. The largest absolute Gasteiger partial charge is 0.472 e. The van der Waals surface area contributed by atoms with Crippen molar-refractivity contribution in [2.45, 2.75) is 44.6 Å². The molecule has 1 aromatic rings. The smallest absolute Gasteiger partial charge is 0.257 e. The first-order chi connectivity index (χ1) is 10.2. The molecule has 0 saturated carbocycles. The first kappa shape index (κ1) is 14.2. The maximum Gasteiger partial charge on any atom is 0.257 e. The molecule has 2 aliphatic heterocycles. The standard InChI is InChI=1S/C16H22N2O3/c1-2-18-14(19)5-3-7-16(18)8-4-9-17(12-16)15(20)13-6-10-21-11-13/h6,10-11H,2-5,7-9,12H2,1H3/t16-/m0/s1. The zero-order valence-corrected chi connectivity index (χ0v) is 12.5. The Kier molecular flexibility index (Phi) is 3.74. The van der Waals surface area contributed by atoms with E-state index in [0.717, 1.165) is 38.8 Å². The van der Waals surface area contributed by atoms with Crippen LogP contribution in [0, 0.1) is 0 Å². The summed E-state index contributed by atoms with van der Waals surface area (Å²) in [6, 6.07) is 1.70. The van der Waals surface area contributed by atoms with E-state index in [4.69, 9.17) is 4.42 Å². The van der Waals surface area contributed by atoms with Gasteiger partial charge in [-0.25, -0.2) is 0 Å². The highest BCUT2D eigenvalue weighted by atomic mass is 16.3. The maximum atomic E-state index is 12.5. The van der Waals surface area contributed by atoms with Gasteiger partial charge in [0.15, 0.2) is 0 Å². The molecule has 5 heteroatoms. The Bertz CT molecular complexity index is 522. The number of rotatable bonds is 2. The van der Waals surface area contributed by atoms with Crippen LogP contribution in [0.15, 0.2) is 23.0 Å². The molecule has 2 aliphatic rings. The Hall–Kier alpha value is -1.78. The number of carbonyl (C=O) groups excluding carboxylic acids is 2. The Balaban J connectivity index is 1.81. The lowest BCUT2D eigenvalue weighted by atomic mass is 9.79. The molecule has 2 saturated heterocycles. The van der Waals surface area contributed by atoms with Crippen LogP contribution in [0.2, 0.25) is 0 Å². The van der Waals surface area contributed by atoms with E-state index in [1.54, 1.807) is 6.07 Å². The van der Waals surface area contributed by atoms with Gasteiger partial charge in [0.05, 0.1) is 17.4 Å². The maximum absolute atomic E-state index is 12.5. The predicted molar refractivity (Wildman–Crippen MR) is 77.8 cm³/mol. The van der Waals surface area contributed by atoms with Gasteiger partial charge in [-0.3, -0.25) is 9.59 Å². The molecule has 0 bridgehead atoms. The van der Waals surface area contributed by atoms with Crippen molar-refractivity contribution >= 4 is 11.8 Å². The SMILES string of the molecule is CCN1C(=O)CCC[C@@]12CCCN(C(=O)c1ccoc1)C2. The van der Waals surface area contributed by atoms with E-state index in [0.29, 0.717) is 18.5 Å². The fraction of sp³-hybridized carbons (Fsp3) is 0.625. The highest BCUT2D eigenvalue weighted by Crippen LogP contribution is 2.36. The number of nitrogens with zero attached hydrogens (tertiary/aromatic N) is 2. The van der Waals surface area contributed by atoms with Gasteiger partial charge < -0.3 is 14.2 Å². The van der Waals surface area contributed by atoms with E-state index in [1.165, 1.54) is 12.5 Å². The average molecular weight is 290 g/mol. The minimum atomic E-state index is -0.151. The lowest BCUT2D eigenvalue weighted by Gasteiger charge is -2.51. The molecule has 1 spiro atoms. The first-order valence-electron chi connectivity index (χ1n) is 7.78. The lowest BCUT2D eigenvalue weighted by molar-refractivity contribution is -0.144. The quantitative estimate of drug-likeness (QED) is 0.839. The van der Waals surface area contributed by atoms with Crippen molar-refractivity contribution in [3.8, 4) is 0 Å². The number of furan rings is 1. The fourth-order valence-electron chi connectivity index (χ4n) is 3.89. The number of likely N-dealkylation sites (tertiary alicyclic amines) is 2. The summed E-state index contributed by atoms with van der Waals surface area (Å²) >= 11 is 0. The number of amides is 2. The van der Waals surface area contributed by atoms with Crippen molar-refractivity contribution in [3.05, 3.63) is 24.2 Å². The van der Waals surface area contributed by atoms with Crippen LogP contribution in [0.3, 0.4) is 0 Å². The molecule has 0 radical (unpaired) electrons. The second-order valence-electron chi connectivity index (χ2n) is 6.06. The molecule has 5 nitrogen and oxygen atoms in total. The summed E-state index contributed by atoms with van der Waals surface area (Å²) in [6.45, 7) is 4.17. The van der Waals surface area contributed by atoms with Gasteiger partial charge in [-0.05, 0) is 38.7 Å². The van der Waals surface area contributed by atoms with Crippen LogP contribution in [-0.2, 0) is 4.79 Å². The summed E-state index contributed by atoms with van der Waals surface area (Å²) in [5, 5.41) is 0. The van der Waals surface area contributed by atoms with Crippen LogP contribution < -0.4 is 0 Å². The fourth-order valence-corrected chi connectivity index (χ4v) is 3.89. The van der Waals surface area contributed by atoms with Crippen LogP contribution in [0.5, 0.6) is 0 Å². The third-order valence-electron chi connectivity index (χ3n) is 4.83. The molecular weight excluding hydrogens is 268 g/mol. The second-order valence-corrected chi connectivity index (χ2v) is 6.06. The van der Waals surface area contributed by atoms with Crippen molar-refractivity contribution in [2.24, 2.45) is 0 Å². The summed E-state index contributed by atoms with van der Waals surface area (Å²) in [7, 11) is 0. The van der Waals surface area contributed by atoms with E-state index in [2.05, 4.69) is 0 Å². The van der Waals surface area contributed by atoms with Gasteiger partial charge in [-0.1, -0.05) is 0 Å². The topological polar surface area (TPSA) is 53.8 Å². The minimum Gasteiger partial charge on any atom is -0.472 e. The molecule has 3 heterocycles. The van der Waals surface area contributed by atoms with Crippen molar-refractivity contribution in [1.29, 1.82) is 0 Å². The predicted octanol–water partition coefficient (Wildman–Crippen LogP) is 2.29. The molecule has 21 heavy (non-hydrogen) atoms. The molecule has 1 aromatic heterocycles. The van der Waals surface area contributed by atoms with E-state index in [9.17, 15) is 9.59 Å². The molecule has 0 unspecified atom stereocenters.